The lowest BCUT2D eigenvalue weighted by Crippen LogP contribution is -2.41. The summed E-state index contributed by atoms with van der Waals surface area (Å²) >= 11 is 0. The number of halogens is 1. The summed E-state index contributed by atoms with van der Waals surface area (Å²) in [5, 5.41) is 19.4. The van der Waals surface area contributed by atoms with Crippen molar-refractivity contribution in [3.05, 3.63) is 87.6 Å². The van der Waals surface area contributed by atoms with Gasteiger partial charge < -0.3 is 20.3 Å². The van der Waals surface area contributed by atoms with Gasteiger partial charge in [-0.25, -0.2) is 18.8 Å². The Balaban J connectivity index is 2.49. The minimum absolute atomic E-state index is 0.0750. The summed E-state index contributed by atoms with van der Waals surface area (Å²) in [6, 6.07) is 12.2. The van der Waals surface area contributed by atoms with E-state index < -0.39 is 40.9 Å². The standard InChI is InChI=1S/C24H20FN3O6/c1-12-16(25)9-14(22(29)30)10-17(12)28-20(24(32)34-3)19(23(31)33-2)18(15(11-26)21(28)27)13-7-5-4-6-8-13/h4-10,18H,27H2,1-3H3,(H,29,30). The van der Waals surface area contributed by atoms with Crippen molar-refractivity contribution in [3.8, 4) is 6.07 Å². The minimum atomic E-state index is -1.43. The molecule has 0 bridgehead atoms. The molecule has 0 radical (unpaired) electrons. The molecule has 1 unspecified atom stereocenters. The molecular formula is C24H20FN3O6. The quantitative estimate of drug-likeness (QED) is 0.637. The van der Waals surface area contributed by atoms with E-state index in [0.717, 1.165) is 31.3 Å². The molecule has 0 fully saturated rings. The van der Waals surface area contributed by atoms with Gasteiger partial charge in [0, 0.05) is 5.56 Å². The average Bonchev–Trinajstić information content (AvgIpc) is 2.84. The van der Waals surface area contributed by atoms with Crippen LogP contribution in [0.5, 0.6) is 0 Å². The SMILES string of the molecule is COC(=O)C1=C(C(=O)OC)N(c2cc(C(=O)O)cc(F)c2C)C(N)=C(C#N)C1c1ccccc1. The maximum atomic E-state index is 14.7. The highest BCUT2D eigenvalue weighted by Crippen LogP contribution is 2.44. The molecule has 0 saturated carbocycles. The first-order valence-corrected chi connectivity index (χ1v) is 9.86. The zero-order valence-electron chi connectivity index (χ0n) is 18.5. The van der Waals surface area contributed by atoms with E-state index in [4.69, 9.17) is 15.2 Å². The van der Waals surface area contributed by atoms with Crippen LogP contribution >= 0.6 is 0 Å². The lowest BCUT2D eigenvalue weighted by molar-refractivity contribution is -0.139. The van der Waals surface area contributed by atoms with E-state index in [1.807, 2.05) is 6.07 Å². The lowest BCUT2D eigenvalue weighted by atomic mass is 9.80. The predicted octanol–water partition coefficient (Wildman–Crippen LogP) is 2.73. The molecule has 174 valence electrons. The van der Waals surface area contributed by atoms with Gasteiger partial charge >= 0.3 is 17.9 Å². The van der Waals surface area contributed by atoms with Crippen LogP contribution in [-0.2, 0) is 19.1 Å². The van der Waals surface area contributed by atoms with Gasteiger partial charge in [-0.15, -0.1) is 0 Å². The van der Waals surface area contributed by atoms with Gasteiger partial charge in [-0.1, -0.05) is 30.3 Å². The van der Waals surface area contributed by atoms with Crippen molar-refractivity contribution in [1.82, 2.24) is 0 Å². The van der Waals surface area contributed by atoms with Crippen molar-refractivity contribution in [2.75, 3.05) is 19.1 Å². The molecule has 0 aliphatic carbocycles. The molecule has 0 amide bonds. The number of ether oxygens (including phenoxy) is 2. The third-order valence-corrected chi connectivity index (χ3v) is 5.42. The largest absolute Gasteiger partial charge is 0.478 e. The first-order chi connectivity index (χ1) is 16.2. The number of anilines is 1. The maximum absolute atomic E-state index is 14.7. The first-order valence-electron chi connectivity index (χ1n) is 9.86. The van der Waals surface area contributed by atoms with Gasteiger partial charge in [-0.05, 0) is 24.6 Å². The fraction of sp³-hybridized carbons (Fsp3) is 0.167. The van der Waals surface area contributed by atoms with Crippen molar-refractivity contribution in [1.29, 1.82) is 5.26 Å². The molecule has 1 aliphatic rings. The van der Waals surface area contributed by atoms with Crippen LogP contribution in [0.15, 0.2) is 65.1 Å². The van der Waals surface area contributed by atoms with Crippen LogP contribution in [0.2, 0.25) is 0 Å². The zero-order valence-corrected chi connectivity index (χ0v) is 18.5. The Morgan fingerprint density at radius 2 is 1.74 bits per heavy atom. The van der Waals surface area contributed by atoms with E-state index in [1.54, 1.807) is 30.3 Å². The van der Waals surface area contributed by atoms with Crippen LogP contribution in [0.3, 0.4) is 0 Å². The fourth-order valence-electron chi connectivity index (χ4n) is 3.78. The number of carboxylic acids is 1. The Morgan fingerprint density at radius 1 is 1.12 bits per heavy atom. The molecule has 10 heteroatoms. The second kappa shape index (κ2) is 9.46. The summed E-state index contributed by atoms with van der Waals surface area (Å²) in [4.78, 5) is 38.5. The second-order valence-corrected chi connectivity index (χ2v) is 7.24. The van der Waals surface area contributed by atoms with Crippen LogP contribution in [0.1, 0.15) is 27.4 Å². The van der Waals surface area contributed by atoms with E-state index in [9.17, 15) is 29.1 Å². The highest BCUT2D eigenvalue weighted by Gasteiger charge is 2.43. The molecule has 2 aromatic rings. The molecule has 9 nitrogen and oxygen atoms in total. The van der Waals surface area contributed by atoms with E-state index in [1.165, 1.54) is 6.92 Å². The number of carbonyl (C=O) groups excluding carboxylic acids is 2. The van der Waals surface area contributed by atoms with Gasteiger partial charge in [0.05, 0.1) is 48.6 Å². The highest BCUT2D eigenvalue weighted by atomic mass is 19.1. The summed E-state index contributed by atoms with van der Waals surface area (Å²) in [6.07, 6.45) is 0. The number of rotatable bonds is 5. The Morgan fingerprint density at radius 3 is 2.26 bits per heavy atom. The van der Waals surface area contributed by atoms with Gasteiger partial charge in [0.15, 0.2) is 0 Å². The van der Waals surface area contributed by atoms with Crippen molar-refractivity contribution >= 4 is 23.6 Å². The van der Waals surface area contributed by atoms with Gasteiger partial charge in [0.25, 0.3) is 0 Å². The van der Waals surface area contributed by atoms with Crippen LogP contribution in [-0.4, -0.2) is 37.2 Å². The number of carbonyl (C=O) groups is 3. The number of hydrogen-bond donors (Lipinski definition) is 2. The summed E-state index contributed by atoms with van der Waals surface area (Å²) in [5.74, 6) is -5.70. The fourth-order valence-corrected chi connectivity index (χ4v) is 3.78. The van der Waals surface area contributed by atoms with Gasteiger partial charge in [-0.3, -0.25) is 4.90 Å². The highest BCUT2D eigenvalue weighted by molar-refractivity contribution is 6.06. The van der Waals surface area contributed by atoms with Crippen molar-refractivity contribution in [2.45, 2.75) is 12.8 Å². The van der Waals surface area contributed by atoms with E-state index in [-0.39, 0.29) is 28.2 Å². The molecule has 2 aromatic carbocycles. The Labute approximate surface area is 194 Å². The van der Waals surface area contributed by atoms with Crippen molar-refractivity contribution in [2.24, 2.45) is 5.73 Å². The second-order valence-electron chi connectivity index (χ2n) is 7.24. The number of esters is 2. The summed E-state index contributed by atoms with van der Waals surface area (Å²) in [5.41, 5.74) is 5.32. The molecule has 0 aromatic heterocycles. The first kappa shape index (κ1) is 24.0. The van der Waals surface area contributed by atoms with Crippen LogP contribution in [0.25, 0.3) is 0 Å². The number of carboxylic acid groups (broad SMARTS) is 1. The number of allylic oxidation sites excluding steroid dienone is 1. The average molecular weight is 465 g/mol. The summed E-state index contributed by atoms with van der Waals surface area (Å²) < 4.78 is 24.5. The molecule has 1 atom stereocenters. The number of benzene rings is 2. The third-order valence-electron chi connectivity index (χ3n) is 5.42. The van der Waals surface area contributed by atoms with E-state index in [2.05, 4.69) is 0 Å². The minimum Gasteiger partial charge on any atom is -0.478 e. The lowest BCUT2D eigenvalue weighted by Gasteiger charge is -2.36. The topological polar surface area (TPSA) is 143 Å². The zero-order chi connectivity index (χ0) is 25.2. The normalized spacial score (nSPS) is 15.6. The maximum Gasteiger partial charge on any atom is 0.355 e. The third kappa shape index (κ3) is 3.95. The molecule has 34 heavy (non-hydrogen) atoms. The number of aromatic carboxylic acids is 1. The van der Waals surface area contributed by atoms with Gasteiger partial charge in [0.2, 0.25) is 0 Å². The molecule has 3 N–H and O–H groups in total. The molecule has 0 saturated heterocycles. The Kier molecular flexibility index (Phi) is 6.68. The van der Waals surface area contributed by atoms with E-state index in [0.29, 0.717) is 5.56 Å². The van der Waals surface area contributed by atoms with Crippen LogP contribution < -0.4 is 10.6 Å². The summed E-state index contributed by atoms with van der Waals surface area (Å²) in [6.45, 7) is 1.34. The summed E-state index contributed by atoms with van der Waals surface area (Å²) in [7, 11) is 2.17. The van der Waals surface area contributed by atoms with Gasteiger partial charge in [0.1, 0.15) is 17.3 Å². The predicted molar refractivity (Wildman–Crippen MR) is 118 cm³/mol. The Hall–Kier alpha value is -4.65. The van der Waals surface area contributed by atoms with Crippen LogP contribution in [0, 0.1) is 24.1 Å². The molecule has 1 aliphatic heterocycles. The number of nitrogens with zero attached hydrogens (tertiary/aromatic N) is 2. The number of hydrogen-bond acceptors (Lipinski definition) is 8. The molecular weight excluding hydrogens is 445 g/mol. The van der Waals surface area contributed by atoms with Crippen LogP contribution in [0.4, 0.5) is 10.1 Å². The molecule has 3 rings (SSSR count). The van der Waals surface area contributed by atoms with E-state index >= 15 is 0 Å². The number of methoxy groups -OCH3 is 2. The smallest absolute Gasteiger partial charge is 0.355 e. The molecule has 0 spiro atoms. The monoisotopic (exact) mass is 465 g/mol. The van der Waals surface area contributed by atoms with Crippen molar-refractivity contribution < 1.29 is 33.4 Å². The number of nitriles is 1. The molecule has 1 heterocycles. The number of nitrogens with two attached hydrogens (primary N) is 1. The van der Waals surface area contributed by atoms with Gasteiger partial charge in [-0.2, -0.15) is 5.26 Å². The Bertz CT molecular complexity index is 1290. The van der Waals surface area contributed by atoms with Crippen molar-refractivity contribution in [3.63, 3.8) is 0 Å².